The van der Waals surface area contributed by atoms with E-state index in [1.807, 2.05) is 42.5 Å². The molecule has 0 aromatic heterocycles. The normalized spacial score (nSPS) is 13.2. The van der Waals surface area contributed by atoms with E-state index in [2.05, 4.69) is 15.9 Å². The number of hydrogen-bond donors (Lipinski definition) is 1. The van der Waals surface area contributed by atoms with Crippen LogP contribution < -0.4 is 5.32 Å². The van der Waals surface area contributed by atoms with E-state index in [0.717, 1.165) is 10.0 Å². The predicted molar refractivity (Wildman–Crippen MR) is 91.1 cm³/mol. The summed E-state index contributed by atoms with van der Waals surface area (Å²) in [4.78, 5) is 24.3. The van der Waals surface area contributed by atoms with Crippen LogP contribution in [0, 0.1) is 0 Å². The molecule has 0 amide bonds. The van der Waals surface area contributed by atoms with E-state index in [0.29, 0.717) is 5.56 Å². The van der Waals surface area contributed by atoms with Gasteiger partial charge in [-0.25, -0.2) is 0 Å². The Hall–Kier alpha value is -1.98. The molecule has 2 N–H and O–H groups in total. The van der Waals surface area contributed by atoms with Gasteiger partial charge in [-0.1, -0.05) is 58.4 Å². The highest BCUT2D eigenvalue weighted by molar-refractivity contribution is 9.10. The van der Waals surface area contributed by atoms with Crippen LogP contribution in [0.4, 0.5) is 0 Å². The number of nitrogens with two attached hydrogens (primary N) is 1. The third-order valence-corrected chi connectivity index (χ3v) is 4.07. The summed E-state index contributed by atoms with van der Waals surface area (Å²) in [5.41, 5.74) is 1.39. The molecule has 0 aliphatic heterocycles. The quantitative estimate of drug-likeness (QED) is 0.622. The lowest BCUT2D eigenvalue weighted by Gasteiger charge is -2.23. The van der Waals surface area contributed by atoms with Crippen molar-refractivity contribution < 1.29 is 19.6 Å². The summed E-state index contributed by atoms with van der Waals surface area (Å²) in [5, 5.41) is 1.78. The molecule has 0 aliphatic carbocycles. The molecule has 0 heterocycles. The number of carbonyl (C=O) groups is 2. The number of esters is 1. The fourth-order valence-electron chi connectivity index (χ4n) is 2.44. The van der Waals surface area contributed by atoms with E-state index in [4.69, 9.17) is 4.74 Å². The van der Waals surface area contributed by atoms with Crippen LogP contribution in [-0.2, 0) is 9.53 Å². The first-order valence-electron chi connectivity index (χ1n) is 7.34. The lowest BCUT2D eigenvalue weighted by molar-refractivity contribution is -0.657. The summed E-state index contributed by atoms with van der Waals surface area (Å²) in [6.45, 7) is 1.35. The summed E-state index contributed by atoms with van der Waals surface area (Å²) in [5.74, 6) is -0.482. The Morgan fingerprint density at radius 1 is 1.04 bits per heavy atom. The SMILES string of the molecule is C[NH2+][C@H](C(=O)c1ccc(Br)cc1)[C@H](OC(C)=O)c1ccccc1. The lowest BCUT2D eigenvalue weighted by atomic mass is 9.95. The van der Waals surface area contributed by atoms with E-state index in [1.54, 1.807) is 24.5 Å². The van der Waals surface area contributed by atoms with Gasteiger partial charge in [0.1, 0.15) is 0 Å². The minimum atomic E-state index is -0.630. The Labute approximate surface area is 144 Å². The maximum Gasteiger partial charge on any atom is 0.303 e. The number of ketones is 1. The number of hydrogen-bond acceptors (Lipinski definition) is 3. The fourth-order valence-corrected chi connectivity index (χ4v) is 2.70. The molecule has 0 saturated heterocycles. The number of Topliss-reactive ketones (excluding diaryl/α,β-unsaturated/α-hetero) is 1. The molecule has 4 nitrogen and oxygen atoms in total. The molecule has 0 radical (unpaired) electrons. The van der Waals surface area contributed by atoms with Crippen LogP contribution in [0.1, 0.15) is 28.9 Å². The number of quaternary nitrogens is 1. The molecule has 0 bridgehead atoms. The van der Waals surface area contributed by atoms with Crippen LogP contribution >= 0.6 is 15.9 Å². The Morgan fingerprint density at radius 2 is 1.65 bits per heavy atom. The number of carbonyl (C=O) groups excluding carboxylic acids is 2. The molecule has 0 fully saturated rings. The molecule has 23 heavy (non-hydrogen) atoms. The van der Waals surface area contributed by atoms with Crippen molar-refractivity contribution >= 4 is 27.7 Å². The van der Waals surface area contributed by atoms with Gasteiger partial charge in [-0.05, 0) is 17.7 Å². The Kier molecular flexibility index (Phi) is 6.07. The van der Waals surface area contributed by atoms with Gasteiger partial charge < -0.3 is 10.1 Å². The van der Waals surface area contributed by atoms with Gasteiger partial charge in [-0.15, -0.1) is 0 Å². The first-order valence-corrected chi connectivity index (χ1v) is 8.13. The highest BCUT2D eigenvalue weighted by Crippen LogP contribution is 2.23. The highest BCUT2D eigenvalue weighted by Gasteiger charge is 2.34. The second-order valence-electron chi connectivity index (χ2n) is 5.17. The van der Waals surface area contributed by atoms with Gasteiger partial charge in [-0.3, -0.25) is 9.59 Å². The fraction of sp³-hybridized carbons (Fsp3) is 0.222. The average Bonchev–Trinajstić information content (AvgIpc) is 2.55. The van der Waals surface area contributed by atoms with Crippen molar-refractivity contribution in [3.8, 4) is 0 Å². The zero-order chi connectivity index (χ0) is 16.8. The molecule has 2 rings (SSSR count). The first kappa shape index (κ1) is 17.4. The molecular formula is C18H19BrNO3+. The third-order valence-electron chi connectivity index (χ3n) is 3.54. The topological polar surface area (TPSA) is 60.0 Å². The maximum atomic E-state index is 12.8. The minimum Gasteiger partial charge on any atom is -0.451 e. The monoisotopic (exact) mass is 376 g/mol. The number of rotatable bonds is 6. The lowest BCUT2D eigenvalue weighted by Crippen LogP contribution is -2.89. The second-order valence-corrected chi connectivity index (χ2v) is 6.09. The summed E-state index contributed by atoms with van der Waals surface area (Å²) in [6, 6.07) is 16.0. The summed E-state index contributed by atoms with van der Waals surface area (Å²) in [7, 11) is 1.81. The van der Waals surface area contributed by atoms with Crippen LogP contribution in [0.3, 0.4) is 0 Å². The molecule has 0 unspecified atom stereocenters. The van der Waals surface area contributed by atoms with Gasteiger partial charge in [0.05, 0.1) is 7.05 Å². The Morgan fingerprint density at radius 3 is 2.17 bits per heavy atom. The molecule has 5 heteroatoms. The van der Waals surface area contributed by atoms with E-state index in [-0.39, 0.29) is 5.78 Å². The van der Waals surface area contributed by atoms with E-state index < -0.39 is 18.1 Å². The number of likely N-dealkylation sites (N-methyl/N-ethyl adjacent to an activating group) is 1. The van der Waals surface area contributed by atoms with Crippen molar-refractivity contribution in [3.05, 3.63) is 70.2 Å². The van der Waals surface area contributed by atoms with Crippen molar-refractivity contribution in [2.75, 3.05) is 7.05 Å². The molecular weight excluding hydrogens is 358 g/mol. The van der Waals surface area contributed by atoms with Crippen molar-refractivity contribution in [1.29, 1.82) is 0 Å². The summed E-state index contributed by atoms with van der Waals surface area (Å²) >= 11 is 3.36. The second kappa shape index (κ2) is 8.04. The average molecular weight is 377 g/mol. The van der Waals surface area contributed by atoms with E-state index >= 15 is 0 Å². The van der Waals surface area contributed by atoms with Gasteiger partial charge in [0.15, 0.2) is 12.1 Å². The van der Waals surface area contributed by atoms with Crippen molar-refractivity contribution in [2.45, 2.75) is 19.1 Å². The van der Waals surface area contributed by atoms with Crippen molar-refractivity contribution in [3.63, 3.8) is 0 Å². The Balaban J connectivity index is 2.35. The maximum absolute atomic E-state index is 12.8. The van der Waals surface area contributed by atoms with E-state index in [1.165, 1.54) is 6.92 Å². The number of ether oxygens (including phenoxy) is 1. The van der Waals surface area contributed by atoms with Crippen LogP contribution in [0.2, 0.25) is 0 Å². The predicted octanol–water partition coefficient (Wildman–Crippen LogP) is 2.50. The van der Waals surface area contributed by atoms with Crippen molar-refractivity contribution in [1.82, 2.24) is 0 Å². The number of benzene rings is 2. The minimum absolute atomic E-state index is 0.0740. The van der Waals surface area contributed by atoms with E-state index in [9.17, 15) is 9.59 Å². The van der Waals surface area contributed by atoms with Gasteiger partial charge in [0, 0.05) is 17.0 Å². The zero-order valence-electron chi connectivity index (χ0n) is 13.0. The summed E-state index contributed by atoms with van der Waals surface area (Å²) < 4.78 is 6.36. The highest BCUT2D eigenvalue weighted by atomic mass is 79.9. The van der Waals surface area contributed by atoms with Crippen LogP contribution in [0.5, 0.6) is 0 Å². The molecule has 2 atom stereocenters. The molecule has 0 aliphatic rings. The van der Waals surface area contributed by atoms with Gasteiger partial charge in [0.25, 0.3) is 0 Å². The zero-order valence-corrected chi connectivity index (χ0v) is 14.6. The molecule has 0 saturated carbocycles. The molecule has 0 spiro atoms. The third kappa shape index (κ3) is 4.50. The number of halogens is 1. The van der Waals surface area contributed by atoms with Gasteiger partial charge >= 0.3 is 5.97 Å². The molecule has 120 valence electrons. The smallest absolute Gasteiger partial charge is 0.303 e. The van der Waals surface area contributed by atoms with Crippen molar-refractivity contribution in [2.24, 2.45) is 0 Å². The molecule has 2 aromatic carbocycles. The van der Waals surface area contributed by atoms with Gasteiger partial charge in [-0.2, -0.15) is 0 Å². The van der Waals surface area contributed by atoms with Crippen LogP contribution in [0.15, 0.2) is 59.1 Å². The largest absolute Gasteiger partial charge is 0.451 e. The summed E-state index contributed by atoms with van der Waals surface area (Å²) in [6.07, 6.45) is -0.630. The standard InChI is InChI=1S/C18H18BrNO3/c1-12(21)23-18(14-6-4-3-5-7-14)16(20-2)17(22)13-8-10-15(19)11-9-13/h3-11,16,18,20H,1-2H3/p+1/t16-,18-/m1/s1. The van der Waals surface area contributed by atoms with Crippen LogP contribution in [0.25, 0.3) is 0 Å². The molecule has 2 aromatic rings. The Bertz CT molecular complexity index is 670. The van der Waals surface area contributed by atoms with Crippen LogP contribution in [-0.4, -0.2) is 24.8 Å². The van der Waals surface area contributed by atoms with Gasteiger partial charge in [0.2, 0.25) is 5.78 Å². The first-order chi connectivity index (χ1) is 11.0.